The number of aromatic hydroxyl groups is 2. The molecule has 1 saturated heterocycles. The molecule has 178 valence electrons. The second kappa shape index (κ2) is 8.93. The summed E-state index contributed by atoms with van der Waals surface area (Å²) in [6.45, 7) is 1.49. The van der Waals surface area contributed by atoms with Crippen LogP contribution in [0.2, 0.25) is 0 Å². The van der Waals surface area contributed by atoms with E-state index in [1.807, 2.05) is 0 Å². The number of nitrogens with zero attached hydrogens (tertiary/aromatic N) is 3. The summed E-state index contributed by atoms with van der Waals surface area (Å²) in [4.78, 5) is 31.5. The van der Waals surface area contributed by atoms with Gasteiger partial charge in [0.05, 0.1) is 24.6 Å². The summed E-state index contributed by atoms with van der Waals surface area (Å²) in [6, 6.07) is 0. The van der Waals surface area contributed by atoms with Gasteiger partial charge in [0.25, 0.3) is 0 Å². The number of carboxylic acids is 2. The lowest BCUT2D eigenvalue weighted by molar-refractivity contribution is -0.814. The van der Waals surface area contributed by atoms with Crippen LogP contribution >= 0.6 is 0 Å². The number of aliphatic hydroxyl groups excluding tert-OH is 2. The minimum atomic E-state index is -1.19. The number of aliphatic hydroxyl groups is 2. The highest BCUT2D eigenvalue weighted by atomic mass is 16.4. The van der Waals surface area contributed by atoms with Crippen LogP contribution < -0.4 is 0 Å². The molecule has 11 nitrogen and oxygen atoms in total. The summed E-state index contributed by atoms with van der Waals surface area (Å²) in [7, 11) is 0. The fraction of sp³-hybridized carbons (Fsp3) is 0.455. The maximum atomic E-state index is 11.7. The lowest BCUT2D eigenvalue weighted by Crippen LogP contribution is -2.46. The van der Waals surface area contributed by atoms with Crippen LogP contribution in [0.3, 0.4) is 0 Å². The van der Waals surface area contributed by atoms with Crippen molar-refractivity contribution in [3.05, 3.63) is 46.0 Å². The molecule has 0 aliphatic carbocycles. The highest BCUT2D eigenvalue weighted by Gasteiger charge is 2.71. The molecule has 6 N–H and O–H groups in total. The lowest BCUT2D eigenvalue weighted by Gasteiger charge is -2.26. The number of rotatable bonds is 10. The Kier molecular flexibility index (Phi) is 6.59. The third kappa shape index (κ3) is 4.47. The maximum Gasteiger partial charge on any atom is 0.359 e. The first kappa shape index (κ1) is 24.4. The SMILES string of the molecule is Cc1ncc(CO)c(CC2(Cc3c(CO)cnc(C)c3O)C[N+]2(CC(=O)O)CC(=O)O)c1O. The van der Waals surface area contributed by atoms with E-state index in [2.05, 4.69) is 9.97 Å². The summed E-state index contributed by atoms with van der Waals surface area (Å²) in [6.07, 6.45) is 2.89. The fourth-order valence-corrected chi connectivity index (χ4v) is 4.75. The predicted octanol–water partition coefficient (Wildman–Crippen LogP) is 0.0128. The number of aliphatic carboxylic acids is 2. The smallest absolute Gasteiger partial charge is 0.359 e. The molecule has 0 aromatic carbocycles. The molecule has 1 aliphatic heterocycles. The maximum absolute atomic E-state index is 11.7. The zero-order valence-corrected chi connectivity index (χ0v) is 18.4. The van der Waals surface area contributed by atoms with Gasteiger partial charge >= 0.3 is 11.9 Å². The van der Waals surface area contributed by atoms with Gasteiger partial charge in [0.1, 0.15) is 18.0 Å². The first-order chi connectivity index (χ1) is 15.5. The van der Waals surface area contributed by atoms with E-state index >= 15 is 0 Å². The zero-order valence-electron chi connectivity index (χ0n) is 18.4. The Hall–Kier alpha value is -3.28. The number of carboxylic acid groups (broad SMARTS) is 2. The Morgan fingerprint density at radius 3 is 1.61 bits per heavy atom. The van der Waals surface area contributed by atoms with Gasteiger partial charge in [-0.25, -0.2) is 9.59 Å². The number of aryl methyl sites for hydroxylation is 2. The van der Waals surface area contributed by atoms with Gasteiger partial charge in [0.15, 0.2) is 18.6 Å². The van der Waals surface area contributed by atoms with Crippen LogP contribution in [0.4, 0.5) is 0 Å². The van der Waals surface area contributed by atoms with Crippen LogP contribution in [0.15, 0.2) is 12.4 Å². The standard InChI is InChI=1S/C22H27N3O8/c1-12-20(32)16(14(9-26)5-23-12)3-22(11-25(22,7-18(28)29)8-19(30)31)4-17-15(10-27)6-24-13(2)21(17)33/h5-6,26-27H,3-4,7-11H2,1-2H3,(H3-,28,29,30,31,32,33)/p+1. The third-order valence-electron chi connectivity index (χ3n) is 6.59. The highest BCUT2D eigenvalue weighted by molar-refractivity contribution is 5.71. The number of aromatic nitrogens is 2. The molecule has 1 aliphatic rings. The lowest BCUT2D eigenvalue weighted by atomic mass is 9.87. The first-order valence-corrected chi connectivity index (χ1v) is 10.3. The van der Waals surface area contributed by atoms with Crippen molar-refractivity contribution in [3.63, 3.8) is 0 Å². The molecule has 0 saturated carbocycles. The van der Waals surface area contributed by atoms with Gasteiger partial charge in [-0.15, -0.1) is 0 Å². The van der Waals surface area contributed by atoms with Gasteiger partial charge in [0.2, 0.25) is 0 Å². The monoisotopic (exact) mass is 462 g/mol. The molecular weight excluding hydrogens is 434 g/mol. The van der Waals surface area contributed by atoms with Crippen molar-refractivity contribution in [3.8, 4) is 11.5 Å². The predicted molar refractivity (Wildman–Crippen MR) is 113 cm³/mol. The van der Waals surface area contributed by atoms with E-state index in [1.165, 1.54) is 12.4 Å². The van der Waals surface area contributed by atoms with Crippen molar-refractivity contribution in [2.45, 2.75) is 45.4 Å². The van der Waals surface area contributed by atoms with Gasteiger partial charge in [-0.05, 0) is 13.8 Å². The number of carbonyl (C=O) groups is 2. The average Bonchev–Trinajstić information content (AvgIpc) is 3.32. The molecule has 0 spiro atoms. The Labute approximate surface area is 189 Å². The van der Waals surface area contributed by atoms with E-state index in [1.54, 1.807) is 13.8 Å². The van der Waals surface area contributed by atoms with Crippen molar-refractivity contribution < 1.29 is 44.7 Å². The van der Waals surface area contributed by atoms with Gasteiger partial charge in [-0.2, -0.15) is 0 Å². The second-order valence-electron chi connectivity index (χ2n) is 8.69. The molecular formula is C22H28N3O8+. The van der Waals surface area contributed by atoms with Gasteiger partial charge in [-0.1, -0.05) is 0 Å². The minimum Gasteiger partial charge on any atom is -0.506 e. The van der Waals surface area contributed by atoms with E-state index in [4.69, 9.17) is 0 Å². The highest BCUT2D eigenvalue weighted by Crippen LogP contribution is 2.50. The van der Waals surface area contributed by atoms with E-state index in [0.717, 1.165) is 0 Å². The van der Waals surface area contributed by atoms with E-state index in [9.17, 15) is 40.2 Å². The Balaban J connectivity index is 2.18. The number of hydrogen-bond donors (Lipinski definition) is 6. The van der Waals surface area contributed by atoms with Crippen molar-refractivity contribution in [1.29, 1.82) is 0 Å². The van der Waals surface area contributed by atoms with Crippen LogP contribution in [0.1, 0.15) is 33.6 Å². The molecule has 3 heterocycles. The van der Waals surface area contributed by atoms with Gasteiger partial charge in [0, 0.05) is 47.5 Å². The quantitative estimate of drug-likeness (QED) is 0.208. The Morgan fingerprint density at radius 2 is 1.27 bits per heavy atom. The summed E-state index contributed by atoms with van der Waals surface area (Å²) < 4.78 is -0.324. The Bertz CT molecular complexity index is 1020. The van der Waals surface area contributed by atoms with E-state index in [0.29, 0.717) is 33.6 Å². The van der Waals surface area contributed by atoms with Crippen molar-refractivity contribution in [2.75, 3.05) is 19.6 Å². The summed E-state index contributed by atoms with van der Waals surface area (Å²) in [5.74, 6) is -2.69. The summed E-state index contributed by atoms with van der Waals surface area (Å²) in [5, 5.41) is 60.1. The van der Waals surface area contributed by atoms with Crippen LogP contribution in [0.25, 0.3) is 0 Å². The van der Waals surface area contributed by atoms with E-state index < -0.39 is 43.8 Å². The number of pyridine rings is 2. The molecule has 33 heavy (non-hydrogen) atoms. The van der Waals surface area contributed by atoms with Crippen LogP contribution in [-0.2, 0) is 35.6 Å². The summed E-state index contributed by atoms with van der Waals surface area (Å²) in [5.41, 5.74) is 0.947. The van der Waals surface area contributed by atoms with Crippen molar-refractivity contribution in [2.24, 2.45) is 0 Å². The number of quaternary nitrogens is 1. The largest absolute Gasteiger partial charge is 0.506 e. The van der Waals surface area contributed by atoms with Gasteiger partial charge in [-0.3, -0.25) is 14.5 Å². The van der Waals surface area contributed by atoms with Crippen molar-refractivity contribution >= 4 is 11.9 Å². The Morgan fingerprint density at radius 1 is 0.879 bits per heavy atom. The number of hydrogen-bond acceptors (Lipinski definition) is 8. The molecule has 3 rings (SSSR count). The first-order valence-electron chi connectivity index (χ1n) is 10.3. The van der Waals surface area contributed by atoms with Gasteiger partial charge < -0.3 is 30.6 Å². The zero-order chi connectivity index (χ0) is 24.6. The topological polar surface area (TPSA) is 181 Å². The molecule has 0 amide bonds. The van der Waals surface area contributed by atoms with Crippen molar-refractivity contribution in [1.82, 2.24) is 9.97 Å². The molecule has 0 radical (unpaired) electrons. The van der Waals surface area contributed by atoms with E-state index in [-0.39, 0.29) is 35.4 Å². The third-order valence-corrected chi connectivity index (χ3v) is 6.59. The molecule has 0 bridgehead atoms. The molecule has 0 atom stereocenters. The normalized spacial score (nSPS) is 15.9. The molecule has 1 fully saturated rings. The van der Waals surface area contributed by atoms with Crippen LogP contribution in [0.5, 0.6) is 11.5 Å². The van der Waals surface area contributed by atoms with Crippen LogP contribution in [0, 0.1) is 13.8 Å². The molecule has 2 aromatic heterocycles. The summed E-state index contributed by atoms with van der Waals surface area (Å²) >= 11 is 0. The fourth-order valence-electron chi connectivity index (χ4n) is 4.75. The molecule has 0 unspecified atom stereocenters. The van der Waals surface area contributed by atoms with Crippen LogP contribution in [-0.4, -0.2) is 82.2 Å². The molecule has 11 heteroatoms. The minimum absolute atomic E-state index is 0.0321. The molecule has 2 aromatic rings. The average molecular weight is 462 g/mol. The second-order valence-corrected chi connectivity index (χ2v) is 8.69.